The molecule has 0 heterocycles. The van der Waals surface area contributed by atoms with Crippen molar-refractivity contribution < 1.29 is 53.7 Å². The summed E-state index contributed by atoms with van der Waals surface area (Å²) in [6.07, 6.45) is 5.83. The number of fused-ring (bicyclic) bond motifs is 7. The van der Waals surface area contributed by atoms with Crippen LogP contribution in [0.15, 0.2) is 115 Å². The highest BCUT2D eigenvalue weighted by atomic mass is 16.6. The number of allylic oxidation sites excluding steroid dienone is 1. The number of methoxy groups -OCH3 is 2. The molecule has 6 aromatic carbocycles. The zero-order valence-corrected chi connectivity index (χ0v) is 42.1. The number of esters is 2. The number of carbonyl (C=O) groups excluding carboxylic acids is 2. The zero-order valence-electron chi connectivity index (χ0n) is 42.1. The quantitative estimate of drug-likeness (QED) is 0.0433. The first-order chi connectivity index (χ1) is 35.4. The number of aryl methyl sites for hydroxylation is 1. The SMILES string of the molecule is CCOCCCNCc1cccc(-c2cc(O)cc3ccc(CC(=O)O[C@H]4C[C@@H]5c6cc(OC)c(O)cc6CC[C@H]5[C@@]5(/C=C/c6ccccc6)[C@H](CO)c6cc(O)c(OC)cc6C[C@@H]5[C@H](OC(C)=O)C4)cc23)c1. The molecule has 1 saturated carbocycles. The summed E-state index contributed by atoms with van der Waals surface area (Å²) in [6.45, 7) is 6.02. The van der Waals surface area contributed by atoms with Crippen molar-refractivity contribution in [2.24, 2.45) is 17.3 Å². The van der Waals surface area contributed by atoms with Gasteiger partial charge in [-0.3, -0.25) is 9.59 Å². The Bertz CT molecular complexity index is 2970. The van der Waals surface area contributed by atoms with Crippen LogP contribution in [-0.2, 0) is 49.6 Å². The molecule has 0 saturated heterocycles. The van der Waals surface area contributed by atoms with Gasteiger partial charge in [0.15, 0.2) is 23.0 Å². The molecule has 3 aliphatic carbocycles. The van der Waals surface area contributed by atoms with E-state index in [1.54, 1.807) is 24.3 Å². The number of phenols is 3. The molecule has 12 heteroatoms. The highest BCUT2D eigenvalue weighted by Crippen LogP contribution is 2.64. The lowest BCUT2D eigenvalue weighted by Gasteiger charge is -2.59. The number of aliphatic hydroxyl groups excluding tert-OH is 1. The van der Waals surface area contributed by atoms with Crippen LogP contribution in [0, 0.1) is 17.3 Å². The van der Waals surface area contributed by atoms with Gasteiger partial charge in [0, 0.05) is 50.4 Å². The summed E-state index contributed by atoms with van der Waals surface area (Å²) in [5, 5.41) is 50.3. The summed E-state index contributed by atoms with van der Waals surface area (Å²) in [5.41, 5.74) is 7.22. The summed E-state index contributed by atoms with van der Waals surface area (Å²) in [7, 11) is 3.02. The maximum absolute atomic E-state index is 14.6. The number of carbonyl (C=O) groups is 2. The van der Waals surface area contributed by atoms with E-state index in [4.69, 9.17) is 23.7 Å². The van der Waals surface area contributed by atoms with E-state index in [0.717, 1.165) is 73.8 Å². The fourth-order valence-electron chi connectivity index (χ4n) is 12.5. The number of aliphatic hydroxyl groups is 1. The van der Waals surface area contributed by atoms with Crippen LogP contribution in [0.4, 0.5) is 0 Å². The minimum absolute atomic E-state index is 0.0341. The smallest absolute Gasteiger partial charge is 0.310 e. The molecular formula is C61H67NO11. The van der Waals surface area contributed by atoms with Gasteiger partial charge in [-0.1, -0.05) is 72.8 Å². The van der Waals surface area contributed by atoms with Gasteiger partial charge in [0.1, 0.15) is 18.0 Å². The van der Waals surface area contributed by atoms with Crippen molar-refractivity contribution in [2.75, 3.05) is 40.6 Å². The van der Waals surface area contributed by atoms with Crippen LogP contribution in [0.25, 0.3) is 28.0 Å². The van der Waals surface area contributed by atoms with Crippen molar-refractivity contribution in [1.82, 2.24) is 5.32 Å². The van der Waals surface area contributed by atoms with Crippen molar-refractivity contribution in [1.29, 1.82) is 0 Å². The monoisotopic (exact) mass is 989 g/mol. The first kappa shape index (κ1) is 51.1. The Labute approximate surface area is 427 Å². The number of nitrogens with one attached hydrogen (secondary N) is 1. The van der Waals surface area contributed by atoms with E-state index in [-0.39, 0.29) is 48.5 Å². The van der Waals surface area contributed by atoms with E-state index in [9.17, 15) is 30.0 Å². The Kier molecular flexibility index (Phi) is 15.7. The summed E-state index contributed by atoms with van der Waals surface area (Å²) in [6, 6.07) is 34.7. The molecule has 0 aliphatic heterocycles. The molecule has 3 aliphatic rings. The lowest BCUT2D eigenvalue weighted by molar-refractivity contribution is -0.166. The van der Waals surface area contributed by atoms with E-state index in [1.165, 1.54) is 21.1 Å². The predicted octanol–water partition coefficient (Wildman–Crippen LogP) is 10.3. The van der Waals surface area contributed by atoms with Crippen molar-refractivity contribution in [2.45, 2.75) is 89.4 Å². The second-order valence-electron chi connectivity index (χ2n) is 19.9. The summed E-state index contributed by atoms with van der Waals surface area (Å²) in [4.78, 5) is 28.0. The molecule has 0 amide bonds. The third-order valence-electron chi connectivity index (χ3n) is 15.6. The molecule has 73 heavy (non-hydrogen) atoms. The molecule has 1 fully saturated rings. The highest BCUT2D eigenvalue weighted by molar-refractivity contribution is 5.98. The van der Waals surface area contributed by atoms with E-state index in [2.05, 4.69) is 29.6 Å². The fraction of sp³-hybridized carbons (Fsp3) is 0.377. The molecule has 0 spiro atoms. The Morgan fingerprint density at radius 3 is 2.36 bits per heavy atom. The average molecular weight is 990 g/mol. The third kappa shape index (κ3) is 10.8. The molecule has 7 atom stereocenters. The lowest BCUT2D eigenvalue weighted by atomic mass is 9.46. The predicted molar refractivity (Wildman–Crippen MR) is 281 cm³/mol. The molecule has 0 bridgehead atoms. The fourth-order valence-corrected chi connectivity index (χ4v) is 12.5. The molecule has 9 rings (SSSR count). The molecular weight excluding hydrogens is 923 g/mol. The highest BCUT2D eigenvalue weighted by Gasteiger charge is 2.60. The maximum atomic E-state index is 14.6. The molecule has 0 unspecified atom stereocenters. The van der Waals surface area contributed by atoms with Gasteiger partial charge in [-0.25, -0.2) is 0 Å². The Hall–Kier alpha value is -6.86. The number of phenolic OH excluding ortho intramolecular Hbond substituents is 3. The second-order valence-corrected chi connectivity index (χ2v) is 19.9. The van der Waals surface area contributed by atoms with Crippen LogP contribution in [-0.4, -0.2) is 85.2 Å². The van der Waals surface area contributed by atoms with Gasteiger partial charge >= 0.3 is 11.9 Å². The van der Waals surface area contributed by atoms with Crippen molar-refractivity contribution in [3.63, 3.8) is 0 Å². The summed E-state index contributed by atoms with van der Waals surface area (Å²) >= 11 is 0. The largest absolute Gasteiger partial charge is 0.508 e. The van der Waals surface area contributed by atoms with Gasteiger partial charge in [-0.05, 0) is 167 Å². The van der Waals surface area contributed by atoms with Crippen LogP contribution in [0.2, 0.25) is 0 Å². The average Bonchev–Trinajstić information content (AvgIpc) is 3.38. The number of benzene rings is 6. The molecule has 5 N–H and O–H groups in total. The van der Waals surface area contributed by atoms with Gasteiger partial charge in [0.2, 0.25) is 0 Å². The van der Waals surface area contributed by atoms with Crippen LogP contribution in [0.1, 0.15) is 90.3 Å². The lowest BCUT2D eigenvalue weighted by Crippen LogP contribution is -2.56. The van der Waals surface area contributed by atoms with Crippen molar-refractivity contribution in [3.8, 4) is 39.9 Å². The van der Waals surface area contributed by atoms with Gasteiger partial charge in [0.25, 0.3) is 0 Å². The van der Waals surface area contributed by atoms with E-state index in [0.29, 0.717) is 56.9 Å². The van der Waals surface area contributed by atoms with Crippen LogP contribution >= 0.6 is 0 Å². The molecule has 0 aromatic heterocycles. The molecule has 12 nitrogen and oxygen atoms in total. The number of ether oxygens (including phenoxy) is 5. The van der Waals surface area contributed by atoms with Crippen molar-refractivity contribution in [3.05, 3.63) is 154 Å². The molecule has 382 valence electrons. The summed E-state index contributed by atoms with van der Waals surface area (Å²) < 4.78 is 29.9. The normalized spacial score (nSPS) is 22.3. The topological polar surface area (TPSA) is 173 Å². The number of hydrogen-bond acceptors (Lipinski definition) is 12. The van der Waals surface area contributed by atoms with Crippen molar-refractivity contribution >= 4 is 28.8 Å². The molecule has 6 aromatic rings. The number of rotatable bonds is 17. The third-order valence-corrected chi connectivity index (χ3v) is 15.6. The Balaban J connectivity index is 1.10. The van der Waals surface area contributed by atoms with Gasteiger partial charge in [0.05, 0.1) is 27.2 Å². The standard InChI is InChI=1S/C61H67NO11/c1-5-71-22-10-21-62-35-40-13-9-14-41(23-40)48-30-45(65)26-42-16-15-39(24-47(42)48)25-60(68)73-46-31-51-49-34-59(70-4)55(66)28-43(49)17-18-52(51)61(20-19-38-11-7-6-8-12-38)53(57(32-46)72-37(2)64)27-44-29-58(69-3)56(67)33-50(44)54(61)36-63/h6-9,11-16,19-20,23-24,26,28-30,33-34,46,51-54,57,62-63,65-67H,5,10,17-18,21-22,25,27,31-32,35-36H2,1-4H3/b20-19+/t46-,51+,52+,53+,54+,57+,61+/m0/s1. The van der Waals surface area contributed by atoms with Crippen LogP contribution < -0.4 is 14.8 Å². The molecule has 0 radical (unpaired) electrons. The number of hydrogen-bond donors (Lipinski definition) is 5. The second kappa shape index (κ2) is 22.5. The maximum Gasteiger partial charge on any atom is 0.310 e. The minimum atomic E-state index is -0.891. The van der Waals surface area contributed by atoms with Gasteiger partial charge in [-0.15, -0.1) is 0 Å². The van der Waals surface area contributed by atoms with E-state index >= 15 is 0 Å². The van der Waals surface area contributed by atoms with Gasteiger partial charge < -0.3 is 49.4 Å². The first-order valence-corrected chi connectivity index (χ1v) is 25.6. The minimum Gasteiger partial charge on any atom is -0.508 e. The van der Waals surface area contributed by atoms with Crippen LogP contribution in [0.3, 0.4) is 0 Å². The Morgan fingerprint density at radius 1 is 0.795 bits per heavy atom. The zero-order chi connectivity index (χ0) is 51.2. The summed E-state index contributed by atoms with van der Waals surface area (Å²) in [5.74, 6) is -1.72. The van der Waals surface area contributed by atoms with Gasteiger partial charge in [-0.2, -0.15) is 0 Å². The Morgan fingerprint density at radius 2 is 1.59 bits per heavy atom. The first-order valence-electron chi connectivity index (χ1n) is 25.6. The van der Waals surface area contributed by atoms with Crippen LogP contribution in [0.5, 0.6) is 28.7 Å². The number of aromatic hydroxyl groups is 3. The van der Waals surface area contributed by atoms with E-state index < -0.39 is 41.4 Å². The van der Waals surface area contributed by atoms with E-state index in [1.807, 2.05) is 79.7 Å².